The molecular formula is C22H15NO3. The zero-order valence-electron chi connectivity index (χ0n) is 13.8. The third-order valence-electron chi connectivity index (χ3n) is 5.17. The van der Waals surface area contributed by atoms with Gasteiger partial charge in [0.05, 0.1) is 11.0 Å². The molecule has 26 heavy (non-hydrogen) atoms. The van der Waals surface area contributed by atoms with E-state index >= 15 is 0 Å². The summed E-state index contributed by atoms with van der Waals surface area (Å²) in [7, 11) is 0. The number of rotatable bonds is 2. The minimum Gasteiger partial charge on any atom is -0.373 e. The second-order valence-electron chi connectivity index (χ2n) is 6.71. The SMILES string of the molecule is O=C1c2cccc3c4ccccc4n(c23)C(=O)C1(O)Cc1ccccc1. The summed E-state index contributed by atoms with van der Waals surface area (Å²) < 4.78 is 1.50. The van der Waals surface area contributed by atoms with E-state index in [1.165, 1.54) is 4.57 Å². The van der Waals surface area contributed by atoms with Gasteiger partial charge in [-0.05, 0) is 17.7 Å². The van der Waals surface area contributed by atoms with Crippen LogP contribution in [0, 0.1) is 0 Å². The second-order valence-corrected chi connectivity index (χ2v) is 6.71. The van der Waals surface area contributed by atoms with E-state index in [-0.39, 0.29) is 6.42 Å². The van der Waals surface area contributed by atoms with Crippen molar-refractivity contribution in [3.8, 4) is 0 Å². The minimum absolute atomic E-state index is 0.0478. The molecule has 0 spiro atoms. The summed E-state index contributed by atoms with van der Waals surface area (Å²) in [4.78, 5) is 26.4. The fourth-order valence-corrected chi connectivity index (χ4v) is 3.96. The number of hydrogen-bond donors (Lipinski definition) is 1. The van der Waals surface area contributed by atoms with Gasteiger partial charge in [0.2, 0.25) is 11.4 Å². The largest absolute Gasteiger partial charge is 0.373 e. The Kier molecular flexibility index (Phi) is 2.97. The van der Waals surface area contributed by atoms with Crippen molar-refractivity contribution < 1.29 is 14.7 Å². The van der Waals surface area contributed by atoms with Crippen molar-refractivity contribution >= 4 is 33.5 Å². The Morgan fingerprint density at radius 2 is 1.50 bits per heavy atom. The molecule has 0 saturated carbocycles. The normalized spacial score (nSPS) is 19.4. The topological polar surface area (TPSA) is 59.3 Å². The van der Waals surface area contributed by atoms with E-state index in [0.717, 1.165) is 16.3 Å². The quantitative estimate of drug-likeness (QED) is 0.567. The Balaban J connectivity index is 1.82. The van der Waals surface area contributed by atoms with Crippen LogP contribution in [0.15, 0.2) is 72.8 Å². The molecule has 4 heteroatoms. The smallest absolute Gasteiger partial charge is 0.272 e. The number of carbonyl (C=O) groups is 2. The number of aliphatic hydroxyl groups is 1. The molecule has 0 fully saturated rings. The lowest BCUT2D eigenvalue weighted by Crippen LogP contribution is -2.53. The number of benzene rings is 3. The third-order valence-corrected chi connectivity index (χ3v) is 5.17. The van der Waals surface area contributed by atoms with Gasteiger partial charge in [-0.15, -0.1) is 0 Å². The third kappa shape index (κ3) is 1.82. The molecule has 0 saturated heterocycles. The Morgan fingerprint density at radius 3 is 2.31 bits per heavy atom. The van der Waals surface area contributed by atoms with Gasteiger partial charge in [0, 0.05) is 22.8 Å². The standard InChI is InChI=1S/C22H15NO3/c24-20-17-11-6-10-16-15-9-4-5-12-18(15)23(19(16)17)21(25)22(20,26)13-14-7-2-1-3-8-14/h1-12,26H,13H2. The highest BCUT2D eigenvalue weighted by molar-refractivity contribution is 6.31. The summed E-state index contributed by atoms with van der Waals surface area (Å²) in [5.74, 6) is -1.12. The van der Waals surface area contributed by atoms with E-state index in [2.05, 4.69) is 0 Å². The van der Waals surface area contributed by atoms with Crippen LogP contribution in [0.3, 0.4) is 0 Å². The molecular weight excluding hydrogens is 326 g/mol. The summed E-state index contributed by atoms with van der Waals surface area (Å²) in [6, 6.07) is 22.0. The van der Waals surface area contributed by atoms with Gasteiger partial charge in [-0.25, -0.2) is 0 Å². The van der Waals surface area contributed by atoms with Crippen LogP contribution in [-0.4, -0.2) is 27.0 Å². The minimum atomic E-state index is -2.11. The van der Waals surface area contributed by atoms with Crippen LogP contribution < -0.4 is 0 Å². The van der Waals surface area contributed by atoms with Gasteiger partial charge in [0.1, 0.15) is 0 Å². The first-order chi connectivity index (χ1) is 12.6. The number of carbonyl (C=O) groups excluding carboxylic acids is 2. The van der Waals surface area contributed by atoms with E-state index in [0.29, 0.717) is 16.6 Å². The fraction of sp³-hybridized carbons (Fsp3) is 0.0909. The fourth-order valence-electron chi connectivity index (χ4n) is 3.96. The summed E-state index contributed by atoms with van der Waals surface area (Å²) >= 11 is 0. The molecule has 1 unspecified atom stereocenters. The highest BCUT2D eigenvalue weighted by Gasteiger charge is 2.50. The van der Waals surface area contributed by atoms with Crippen molar-refractivity contribution in [2.45, 2.75) is 12.0 Å². The Morgan fingerprint density at radius 1 is 0.808 bits per heavy atom. The highest BCUT2D eigenvalue weighted by Crippen LogP contribution is 2.38. The molecule has 1 aliphatic rings. The van der Waals surface area contributed by atoms with Crippen LogP contribution in [-0.2, 0) is 6.42 Å². The molecule has 0 aliphatic carbocycles. The molecule has 1 aliphatic heterocycles. The molecule has 0 bridgehead atoms. The first-order valence-corrected chi connectivity index (χ1v) is 8.49. The van der Waals surface area contributed by atoms with E-state index in [1.54, 1.807) is 12.1 Å². The van der Waals surface area contributed by atoms with Crippen molar-refractivity contribution in [3.05, 3.63) is 83.9 Å². The van der Waals surface area contributed by atoms with Gasteiger partial charge in [0.25, 0.3) is 5.91 Å². The average molecular weight is 341 g/mol. The number of Topliss-reactive ketones (excluding diaryl/α,β-unsaturated/α-hetero) is 1. The second kappa shape index (κ2) is 5.13. The summed E-state index contributed by atoms with van der Waals surface area (Å²) in [6.45, 7) is 0. The maximum atomic E-state index is 13.3. The predicted octanol–water partition coefficient (Wildman–Crippen LogP) is 3.60. The monoisotopic (exact) mass is 341 g/mol. The van der Waals surface area contributed by atoms with Gasteiger partial charge in [-0.2, -0.15) is 0 Å². The number of para-hydroxylation sites is 2. The molecule has 3 aromatic carbocycles. The molecule has 1 aromatic heterocycles. The number of hydrogen-bond acceptors (Lipinski definition) is 3. The molecule has 0 radical (unpaired) electrons. The van der Waals surface area contributed by atoms with Gasteiger partial charge >= 0.3 is 0 Å². The van der Waals surface area contributed by atoms with Crippen LogP contribution >= 0.6 is 0 Å². The van der Waals surface area contributed by atoms with E-state index in [4.69, 9.17) is 0 Å². The number of nitrogens with zero attached hydrogens (tertiary/aromatic N) is 1. The van der Waals surface area contributed by atoms with Gasteiger partial charge in [0.15, 0.2) is 0 Å². The maximum absolute atomic E-state index is 13.3. The number of aromatic nitrogens is 1. The average Bonchev–Trinajstić information content (AvgIpc) is 3.01. The van der Waals surface area contributed by atoms with Crippen molar-refractivity contribution in [2.24, 2.45) is 0 Å². The number of ketones is 1. The lowest BCUT2D eigenvalue weighted by atomic mass is 9.83. The van der Waals surface area contributed by atoms with Crippen molar-refractivity contribution in [2.75, 3.05) is 0 Å². The maximum Gasteiger partial charge on any atom is 0.272 e. The van der Waals surface area contributed by atoms with Crippen molar-refractivity contribution in [3.63, 3.8) is 0 Å². The van der Waals surface area contributed by atoms with Crippen LogP contribution in [0.2, 0.25) is 0 Å². The van der Waals surface area contributed by atoms with Gasteiger partial charge < -0.3 is 5.11 Å². The lowest BCUT2D eigenvalue weighted by Gasteiger charge is -2.30. The highest BCUT2D eigenvalue weighted by atomic mass is 16.3. The van der Waals surface area contributed by atoms with Crippen molar-refractivity contribution in [1.29, 1.82) is 0 Å². The number of fused-ring (bicyclic) bond motifs is 3. The molecule has 4 aromatic rings. The molecule has 2 heterocycles. The van der Waals surface area contributed by atoms with E-state index in [1.807, 2.05) is 60.7 Å². The van der Waals surface area contributed by atoms with Crippen LogP contribution in [0.25, 0.3) is 21.8 Å². The van der Waals surface area contributed by atoms with E-state index < -0.39 is 17.3 Å². The van der Waals surface area contributed by atoms with Crippen molar-refractivity contribution in [1.82, 2.24) is 4.57 Å². The van der Waals surface area contributed by atoms with Crippen LogP contribution in [0.5, 0.6) is 0 Å². The molecule has 1 N–H and O–H groups in total. The van der Waals surface area contributed by atoms with Gasteiger partial charge in [-0.1, -0.05) is 60.7 Å². The van der Waals surface area contributed by atoms with Crippen LogP contribution in [0.4, 0.5) is 0 Å². The predicted molar refractivity (Wildman–Crippen MR) is 99.5 cm³/mol. The Bertz CT molecular complexity index is 1210. The first-order valence-electron chi connectivity index (χ1n) is 8.49. The first kappa shape index (κ1) is 15.0. The lowest BCUT2D eigenvalue weighted by molar-refractivity contribution is 0.0226. The molecule has 4 nitrogen and oxygen atoms in total. The summed E-state index contributed by atoms with van der Waals surface area (Å²) in [5.41, 5.74) is 0.311. The zero-order chi connectivity index (χ0) is 17.9. The van der Waals surface area contributed by atoms with Gasteiger partial charge in [-0.3, -0.25) is 14.2 Å². The van der Waals surface area contributed by atoms with E-state index in [9.17, 15) is 14.7 Å². The Hall–Kier alpha value is -3.24. The zero-order valence-corrected chi connectivity index (χ0v) is 13.8. The molecule has 5 rings (SSSR count). The van der Waals surface area contributed by atoms with Crippen LogP contribution in [0.1, 0.15) is 20.7 Å². The molecule has 126 valence electrons. The molecule has 0 amide bonds. The Labute approximate surface area is 149 Å². The summed E-state index contributed by atoms with van der Waals surface area (Å²) in [5, 5.41) is 13.0. The summed E-state index contributed by atoms with van der Waals surface area (Å²) in [6.07, 6.45) is -0.0478. The molecule has 1 atom stereocenters.